The van der Waals surface area contributed by atoms with Crippen LogP contribution in [0.25, 0.3) is 0 Å². The first-order valence-electron chi connectivity index (χ1n) is 3.80. The number of rotatable bonds is 2. The molecule has 0 aromatic heterocycles. The van der Waals surface area contributed by atoms with Gasteiger partial charge in [-0.05, 0) is 31.2 Å². The maximum Gasteiger partial charge on any atom is 0.118 e. The summed E-state index contributed by atoms with van der Waals surface area (Å²) in [5, 5.41) is 5.05. The monoisotopic (exact) mass is 179 g/mol. The molecule has 0 aliphatic carbocycles. The van der Waals surface area contributed by atoms with Gasteiger partial charge in [0.1, 0.15) is 5.84 Å². The highest BCUT2D eigenvalue weighted by Crippen LogP contribution is 2.13. The minimum atomic E-state index is 0.402. The van der Waals surface area contributed by atoms with Gasteiger partial charge in [0, 0.05) is 5.69 Å². The number of amidine groups is 1. The molecular weight excluding hydrogens is 166 g/mol. The molecule has 0 saturated carbocycles. The van der Waals surface area contributed by atoms with Crippen molar-refractivity contribution in [1.29, 1.82) is 0 Å². The molecule has 0 saturated heterocycles. The van der Waals surface area contributed by atoms with Crippen LogP contribution in [0.3, 0.4) is 0 Å². The molecule has 5 nitrogen and oxygen atoms in total. The molecule has 0 radical (unpaired) electrons. The summed E-state index contributed by atoms with van der Waals surface area (Å²) < 4.78 is 0. The second kappa shape index (κ2) is 3.77. The van der Waals surface area contributed by atoms with Crippen molar-refractivity contribution in [3.8, 4) is 0 Å². The zero-order valence-electron chi connectivity index (χ0n) is 7.44. The summed E-state index contributed by atoms with van der Waals surface area (Å²) in [6.45, 7) is 1.66. The van der Waals surface area contributed by atoms with Crippen molar-refractivity contribution in [2.45, 2.75) is 6.92 Å². The number of benzene rings is 1. The van der Waals surface area contributed by atoms with Gasteiger partial charge >= 0.3 is 0 Å². The first-order valence-corrected chi connectivity index (χ1v) is 3.80. The molecule has 0 spiro atoms. The Hall–Kier alpha value is -1.75. The van der Waals surface area contributed by atoms with Crippen LogP contribution in [0, 0.1) is 0 Å². The third-order valence-corrected chi connectivity index (χ3v) is 1.42. The second-order valence-electron chi connectivity index (χ2n) is 2.68. The molecule has 6 N–H and O–H groups in total. The van der Waals surface area contributed by atoms with E-state index in [-0.39, 0.29) is 0 Å². The lowest BCUT2D eigenvalue weighted by atomic mass is 10.3. The maximum atomic E-state index is 5.57. The molecule has 1 rings (SSSR count). The standard InChI is InChI=1S/C8H13N5/c1-6(9)12-13(11)8-4-2-7(10)3-5-8/h2-5H,10-11H2,1H3,(H2,9,12). The number of nitrogen functional groups attached to an aromatic ring is 1. The highest BCUT2D eigenvalue weighted by Gasteiger charge is 1.97. The quantitative estimate of drug-likeness (QED) is 0.199. The molecule has 0 unspecified atom stereocenters. The predicted molar refractivity (Wildman–Crippen MR) is 54.8 cm³/mol. The number of anilines is 2. The predicted octanol–water partition coefficient (Wildman–Crippen LogP) is 0.241. The third-order valence-electron chi connectivity index (χ3n) is 1.42. The van der Waals surface area contributed by atoms with Crippen LogP contribution < -0.4 is 22.4 Å². The zero-order chi connectivity index (χ0) is 9.84. The molecule has 70 valence electrons. The Labute approximate surface area is 76.8 Å². The topological polar surface area (TPSA) is 93.7 Å². The Morgan fingerprint density at radius 3 is 2.31 bits per heavy atom. The van der Waals surface area contributed by atoms with Crippen molar-refractivity contribution in [3.63, 3.8) is 0 Å². The summed E-state index contributed by atoms with van der Waals surface area (Å²) in [5.74, 6) is 5.97. The van der Waals surface area contributed by atoms with E-state index in [1.807, 2.05) is 0 Å². The van der Waals surface area contributed by atoms with Crippen LogP contribution in [-0.2, 0) is 0 Å². The van der Waals surface area contributed by atoms with Gasteiger partial charge in [-0.25, -0.2) is 5.84 Å². The van der Waals surface area contributed by atoms with Gasteiger partial charge in [-0.1, -0.05) is 0 Å². The molecule has 13 heavy (non-hydrogen) atoms. The fourth-order valence-corrected chi connectivity index (χ4v) is 0.855. The zero-order valence-corrected chi connectivity index (χ0v) is 7.44. The van der Waals surface area contributed by atoms with Gasteiger partial charge in [-0.3, -0.25) is 0 Å². The van der Waals surface area contributed by atoms with Crippen LogP contribution in [0.15, 0.2) is 29.4 Å². The van der Waals surface area contributed by atoms with E-state index in [9.17, 15) is 0 Å². The Morgan fingerprint density at radius 2 is 1.85 bits per heavy atom. The Bertz CT molecular complexity index is 299. The van der Waals surface area contributed by atoms with Crippen molar-refractivity contribution in [2.24, 2.45) is 16.7 Å². The van der Waals surface area contributed by atoms with E-state index in [0.29, 0.717) is 11.5 Å². The summed E-state index contributed by atoms with van der Waals surface area (Å²) in [5.41, 5.74) is 12.3. The van der Waals surface area contributed by atoms with Crippen LogP contribution in [0.1, 0.15) is 6.92 Å². The lowest BCUT2D eigenvalue weighted by Gasteiger charge is -2.12. The molecular formula is C8H13N5. The van der Waals surface area contributed by atoms with E-state index in [2.05, 4.69) is 5.10 Å². The van der Waals surface area contributed by atoms with Crippen LogP contribution >= 0.6 is 0 Å². The first-order chi connectivity index (χ1) is 6.09. The average molecular weight is 179 g/mol. The van der Waals surface area contributed by atoms with E-state index in [0.717, 1.165) is 5.69 Å². The molecule has 1 aromatic carbocycles. The van der Waals surface area contributed by atoms with Crippen LogP contribution in [-0.4, -0.2) is 5.84 Å². The number of hydrogen-bond donors (Lipinski definition) is 3. The van der Waals surface area contributed by atoms with Gasteiger partial charge in [0.25, 0.3) is 0 Å². The van der Waals surface area contributed by atoms with Crippen molar-refractivity contribution >= 4 is 17.2 Å². The molecule has 0 amide bonds. The molecule has 0 bridgehead atoms. The molecule has 0 fully saturated rings. The highest BCUT2D eigenvalue weighted by molar-refractivity contribution is 5.78. The molecule has 0 aliphatic rings. The van der Waals surface area contributed by atoms with E-state index in [4.69, 9.17) is 17.3 Å². The van der Waals surface area contributed by atoms with Gasteiger partial charge in [0.05, 0.1) is 5.69 Å². The lowest BCUT2D eigenvalue weighted by molar-refractivity contribution is 0.921. The van der Waals surface area contributed by atoms with Crippen molar-refractivity contribution in [2.75, 3.05) is 10.9 Å². The number of nitrogens with zero attached hydrogens (tertiary/aromatic N) is 2. The second-order valence-corrected chi connectivity index (χ2v) is 2.68. The Kier molecular flexibility index (Phi) is 2.71. The van der Waals surface area contributed by atoms with Gasteiger partial charge in [-0.2, -0.15) is 5.12 Å². The fraction of sp³-hybridized carbons (Fsp3) is 0.125. The van der Waals surface area contributed by atoms with E-state index in [1.165, 1.54) is 5.12 Å². The number of hydrogen-bond acceptors (Lipinski definition) is 4. The minimum Gasteiger partial charge on any atom is -0.399 e. The van der Waals surface area contributed by atoms with E-state index in [1.54, 1.807) is 31.2 Å². The van der Waals surface area contributed by atoms with Crippen LogP contribution in [0.5, 0.6) is 0 Å². The Balaban J connectivity index is 2.83. The smallest absolute Gasteiger partial charge is 0.118 e. The summed E-state index contributed by atoms with van der Waals surface area (Å²) in [4.78, 5) is 0. The highest BCUT2D eigenvalue weighted by atomic mass is 15.6. The number of hydrazine groups is 1. The van der Waals surface area contributed by atoms with E-state index >= 15 is 0 Å². The minimum absolute atomic E-state index is 0.402. The summed E-state index contributed by atoms with van der Waals surface area (Å²) in [6, 6.07) is 7.02. The molecule has 5 heteroatoms. The van der Waals surface area contributed by atoms with Gasteiger partial charge in [0.2, 0.25) is 0 Å². The van der Waals surface area contributed by atoms with Crippen molar-refractivity contribution in [3.05, 3.63) is 24.3 Å². The largest absolute Gasteiger partial charge is 0.399 e. The molecule has 0 aliphatic heterocycles. The van der Waals surface area contributed by atoms with Gasteiger partial charge < -0.3 is 11.5 Å². The summed E-state index contributed by atoms with van der Waals surface area (Å²) in [6.07, 6.45) is 0. The maximum absolute atomic E-state index is 5.57. The molecule has 1 aromatic rings. The Morgan fingerprint density at radius 1 is 1.31 bits per heavy atom. The van der Waals surface area contributed by atoms with Gasteiger partial charge in [0.15, 0.2) is 0 Å². The SMILES string of the molecule is C/C(N)=N/N(N)c1ccc(N)cc1. The fourth-order valence-electron chi connectivity index (χ4n) is 0.855. The van der Waals surface area contributed by atoms with Crippen molar-refractivity contribution in [1.82, 2.24) is 0 Å². The van der Waals surface area contributed by atoms with Crippen LogP contribution in [0.2, 0.25) is 0 Å². The van der Waals surface area contributed by atoms with Gasteiger partial charge in [-0.15, -0.1) is 5.10 Å². The van der Waals surface area contributed by atoms with Crippen LogP contribution in [0.4, 0.5) is 11.4 Å². The normalized spacial score (nSPS) is 11.4. The summed E-state index contributed by atoms with van der Waals surface area (Å²) in [7, 11) is 0. The third kappa shape index (κ3) is 2.64. The molecule has 0 heterocycles. The lowest BCUT2D eigenvalue weighted by Crippen LogP contribution is -2.27. The van der Waals surface area contributed by atoms with E-state index < -0.39 is 0 Å². The number of hydrazone groups is 1. The first kappa shape index (κ1) is 9.34. The molecule has 0 atom stereocenters. The summed E-state index contributed by atoms with van der Waals surface area (Å²) >= 11 is 0. The number of nitrogens with two attached hydrogens (primary N) is 3. The van der Waals surface area contributed by atoms with Crippen molar-refractivity contribution < 1.29 is 0 Å². The average Bonchev–Trinajstić information content (AvgIpc) is 2.04.